The van der Waals surface area contributed by atoms with Crippen LogP contribution in [-0.2, 0) is 17.8 Å². The molecular weight excluding hydrogens is 344 g/mol. The van der Waals surface area contributed by atoms with Gasteiger partial charge in [-0.15, -0.1) is 0 Å². The van der Waals surface area contributed by atoms with E-state index in [1.807, 2.05) is 35.9 Å². The highest BCUT2D eigenvalue weighted by atomic mass is 16.3. The van der Waals surface area contributed by atoms with Crippen molar-refractivity contribution in [1.82, 2.24) is 20.4 Å². The van der Waals surface area contributed by atoms with Crippen LogP contribution in [0.2, 0.25) is 0 Å². The number of aliphatic hydroxyl groups is 1. The molecular formula is C20H26N4O3. The number of amides is 2. The molecule has 7 nitrogen and oxygen atoms in total. The molecule has 0 unspecified atom stereocenters. The average Bonchev–Trinajstić information content (AvgIpc) is 3.08. The Morgan fingerprint density at radius 3 is 2.74 bits per heavy atom. The predicted molar refractivity (Wildman–Crippen MR) is 101 cm³/mol. The molecule has 1 aromatic heterocycles. The lowest BCUT2D eigenvalue weighted by atomic mass is 9.94. The number of benzene rings is 1. The summed E-state index contributed by atoms with van der Waals surface area (Å²) >= 11 is 0. The third kappa shape index (κ3) is 4.74. The van der Waals surface area contributed by atoms with Crippen molar-refractivity contribution < 1.29 is 14.7 Å². The van der Waals surface area contributed by atoms with Crippen LogP contribution < -0.4 is 10.6 Å². The minimum absolute atomic E-state index is 0.0443. The number of nitrogens with zero attached hydrogens (tertiary/aromatic N) is 2. The minimum atomic E-state index is -0.756. The lowest BCUT2D eigenvalue weighted by molar-refractivity contribution is -0.119. The average molecular weight is 370 g/mol. The summed E-state index contributed by atoms with van der Waals surface area (Å²) in [5.41, 5.74) is 3.32. The third-order valence-corrected chi connectivity index (χ3v) is 4.98. The molecule has 0 saturated heterocycles. The van der Waals surface area contributed by atoms with Crippen molar-refractivity contribution in [2.24, 2.45) is 5.92 Å². The quantitative estimate of drug-likeness (QED) is 0.715. The van der Waals surface area contributed by atoms with Crippen LogP contribution in [0.1, 0.15) is 46.6 Å². The lowest BCUT2D eigenvalue weighted by Gasteiger charge is -2.24. The highest BCUT2D eigenvalue weighted by Gasteiger charge is 2.25. The monoisotopic (exact) mass is 370 g/mol. The third-order valence-electron chi connectivity index (χ3n) is 4.98. The molecule has 3 N–H and O–H groups in total. The minimum Gasteiger partial charge on any atom is -0.387 e. The summed E-state index contributed by atoms with van der Waals surface area (Å²) < 4.78 is 1.86. The first-order chi connectivity index (χ1) is 12.9. The van der Waals surface area contributed by atoms with Crippen molar-refractivity contribution in [3.8, 4) is 0 Å². The fourth-order valence-electron chi connectivity index (χ4n) is 3.34. The number of hydrogen-bond acceptors (Lipinski definition) is 4. The molecule has 3 rings (SSSR count). The van der Waals surface area contributed by atoms with E-state index in [0.717, 1.165) is 29.8 Å². The number of aliphatic hydroxyl groups excluding tert-OH is 1. The van der Waals surface area contributed by atoms with Crippen LogP contribution in [0.3, 0.4) is 0 Å². The van der Waals surface area contributed by atoms with Crippen LogP contribution >= 0.6 is 0 Å². The zero-order chi connectivity index (χ0) is 19.4. The Morgan fingerprint density at radius 1 is 1.30 bits per heavy atom. The summed E-state index contributed by atoms with van der Waals surface area (Å²) in [4.78, 5) is 23.7. The Balaban J connectivity index is 1.60. The van der Waals surface area contributed by atoms with Gasteiger partial charge in [-0.2, -0.15) is 5.10 Å². The number of fused-ring (bicyclic) bond motifs is 1. The smallest absolute Gasteiger partial charge is 0.254 e. The summed E-state index contributed by atoms with van der Waals surface area (Å²) in [6.07, 6.45) is 2.45. The standard InChI is InChI=1S/C20H26N4O3/c1-13-3-5-16(6-4-13)19(26)12-22-20(27)17-11-23-24-8-7-15(9-18(17)24)10-21-14(2)25/h3-6,11,15,19,26H,7-10,12H2,1-2H3,(H,21,25)(H,22,27)/t15-,19+/m1/s1. The predicted octanol–water partition coefficient (Wildman–Crippen LogP) is 1.35. The van der Waals surface area contributed by atoms with E-state index in [2.05, 4.69) is 15.7 Å². The van der Waals surface area contributed by atoms with E-state index in [9.17, 15) is 14.7 Å². The summed E-state index contributed by atoms with van der Waals surface area (Å²) in [7, 11) is 0. The van der Waals surface area contributed by atoms with Gasteiger partial charge in [0.15, 0.2) is 0 Å². The number of carbonyl (C=O) groups is 2. The first-order valence-corrected chi connectivity index (χ1v) is 9.26. The zero-order valence-electron chi connectivity index (χ0n) is 15.7. The molecule has 0 radical (unpaired) electrons. The molecule has 2 atom stereocenters. The van der Waals surface area contributed by atoms with Gasteiger partial charge in [0.05, 0.1) is 23.6 Å². The van der Waals surface area contributed by atoms with Crippen LogP contribution in [0.5, 0.6) is 0 Å². The largest absolute Gasteiger partial charge is 0.387 e. The Labute approximate surface area is 158 Å². The number of hydrogen-bond donors (Lipinski definition) is 3. The summed E-state index contributed by atoms with van der Waals surface area (Å²) in [5, 5.41) is 20.2. The molecule has 2 aromatic rings. The van der Waals surface area contributed by atoms with Gasteiger partial charge in [0.1, 0.15) is 0 Å². The van der Waals surface area contributed by atoms with Gasteiger partial charge < -0.3 is 15.7 Å². The molecule has 1 aliphatic rings. The molecule has 1 aliphatic heterocycles. The van der Waals surface area contributed by atoms with Crippen LogP contribution in [0, 0.1) is 12.8 Å². The van der Waals surface area contributed by atoms with E-state index >= 15 is 0 Å². The van der Waals surface area contributed by atoms with E-state index in [-0.39, 0.29) is 18.4 Å². The SMILES string of the molecule is CC(=O)NC[C@@H]1CCn2ncc(C(=O)NC[C@H](O)c3ccc(C)cc3)c2C1. The van der Waals surface area contributed by atoms with E-state index < -0.39 is 6.10 Å². The molecule has 2 heterocycles. The maximum Gasteiger partial charge on any atom is 0.254 e. The number of carbonyl (C=O) groups excluding carboxylic acids is 2. The van der Waals surface area contributed by atoms with Crippen molar-refractivity contribution >= 4 is 11.8 Å². The highest BCUT2D eigenvalue weighted by molar-refractivity contribution is 5.95. The Bertz CT molecular complexity index is 813. The van der Waals surface area contributed by atoms with Gasteiger partial charge >= 0.3 is 0 Å². The molecule has 2 amide bonds. The van der Waals surface area contributed by atoms with Crippen LogP contribution in [-0.4, -0.2) is 39.8 Å². The van der Waals surface area contributed by atoms with E-state index in [0.29, 0.717) is 24.4 Å². The normalized spacial score (nSPS) is 17.1. The molecule has 1 aromatic carbocycles. The van der Waals surface area contributed by atoms with Gasteiger partial charge in [-0.1, -0.05) is 29.8 Å². The molecule has 0 aliphatic carbocycles. The molecule has 27 heavy (non-hydrogen) atoms. The lowest BCUT2D eigenvalue weighted by Crippen LogP contribution is -2.33. The van der Waals surface area contributed by atoms with Crippen molar-refractivity contribution in [2.75, 3.05) is 13.1 Å². The number of aryl methyl sites for hydroxylation is 2. The molecule has 0 bridgehead atoms. The second-order valence-electron chi connectivity index (χ2n) is 7.16. The number of aromatic nitrogens is 2. The number of rotatable bonds is 6. The maximum atomic E-state index is 12.6. The van der Waals surface area contributed by atoms with E-state index in [1.54, 1.807) is 6.20 Å². The highest BCUT2D eigenvalue weighted by Crippen LogP contribution is 2.23. The maximum absolute atomic E-state index is 12.6. The number of nitrogens with one attached hydrogen (secondary N) is 2. The molecule has 7 heteroatoms. The van der Waals surface area contributed by atoms with Crippen molar-refractivity contribution in [2.45, 2.75) is 39.3 Å². The van der Waals surface area contributed by atoms with Gasteiger partial charge in [-0.25, -0.2) is 0 Å². The van der Waals surface area contributed by atoms with Gasteiger partial charge in [-0.3, -0.25) is 14.3 Å². The van der Waals surface area contributed by atoms with Crippen LogP contribution in [0.15, 0.2) is 30.5 Å². The summed E-state index contributed by atoms with van der Waals surface area (Å²) in [6.45, 7) is 4.97. The summed E-state index contributed by atoms with van der Waals surface area (Å²) in [5.74, 6) is 0.0162. The van der Waals surface area contributed by atoms with Crippen molar-refractivity contribution in [1.29, 1.82) is 0 Å². The molecule has 144 valence electrons. The Kier molecular flexibility index (Phi) is 5.91. The fraction of sp³-hybridized carbons (Fsp3) is 0.450. The van der Waals surface area contributed by atoms with E-state index in [4.69, 9.17) is 0 Å². The van der Waals surface area contributed by atoms with Crippen molar-refractivity contribution in [3.05, 3.63) is 52.8 Å². The van der Waals surface area contributed by atoms with Crippen LogP contribution in [0.25, 0.3) is 0 Å². The zero-order valence-corrected chi connectivity index (χ0v) is 15.7. The Hall–Kier alpha value is -2.67. The van der Waals surface area contributed by atoms with Gasteiger partial charge in [-0.05, 0) is 31.2 Å². The van der Waals surface area contributed by atoms with Crippen LogP contribution in [0.4, 0.5) is 0 Å². The van der Waals surface area contributed by atoms with E-state index in [1.165, 1.54) is 6.92 Å². The Morgan fingerprint density at radius 2 is 2.04 bits per heavy atom. The second-order valence-corrected chi connectivity index (χ2v) is 7.16. The molecule has 0 fully saturated rings. The van der Waals surface area contributed by atoms with Gasteiger partial charge in [0.25, 0.3) is 5.91 Å². The second kappa shape index (κ2) is 8.35. The molecule has 0 saturated carbocycles. The summed E-state index contributed by atoms with van der Waals surface area (Å²) in [6, 6.07) is 7.59. The first-order valence-electron chi connectivity index (χ1n) is 9.26. The topological polar surface area (TPSA) is 96.2 Å². The molecule has 0 spiro atoms. The van der Waals surface area contributed by atoms with Gasteiger partial charge in [0, 0.05) is 26.6 Å². The van der Waals surface area contributed by atoms with Crippen molar-refractivity contribution in [3.63, 3.8) is 0 Å². The fourth-order valence-corrected chi connectivity index (χ4v) is 3.34. The van der Waals surface area contributed by atoms with Gasteiger partial charge in [0.2, 0.25) is 5.91 Å². The first kappa shape index (κ1) is 19.1.